The van der Waals surface area contributed by atoms with Crippen LogP contribution in [0.15, 0.2) is 0 Å². The monoisotopic (exact) mass is 278 g/mol. The summed E-state index contributed by atoms with van der Waals surface area (Å²) in [4.78, 5) is 12.2. The normalized spacial score (nSPS) is 24.2. The molecule has 0 radical (unpaired) electrons. The molecule has 0 aromatic heterocycles. The van der Waals surface area contributed by atoms with Gasteiger partial charge in [-0.15, -0.1) is 0 Å². The first kappa shape index (κ1) is 14.4. The highest BCUT2D eigenvalue weighted by atomic mass is 32.2. The third-order valence-electron chi connectivity index (χ3n) is 2.89. The third-order valence-corrected chi connectivity index (χ3v) is 4.82. The highest BCUT2D eigenvalue weighted by molar-refractivity contribution is 7.91. The molecule has 0 aliphatic carbocycles. The molecule has 1 aliphatic rings. The SMILES string of the molecule is CCC(CC(N)=S)NC(=O)C1CCS(=O)(=O)C1. The number of amides is 1. The van der Waals surface area contributed by atoms with E-state index in [0.717, 1.165) is 6.42 Å². The molecular weight excluding hydrogens is 260 g/mol. The molecule has 1 rings (SSSR count). The zero-order chi connectivity index (χ0) is 13.1. The lowest BCUT2D eigenvalue weighted by atomic mass is 10.1. The second-order valence-electron chi connectivity index (χ2n) is 4.38. The van der Waals surface area contributed by atoms with E-state index in [1.807, 2.05) is 6.92 Å². The standard InChI is InChI=1S/C10H18N2O3S2/c1-2-8(5-9(11)16)12-10(13)7-3-4-17(14,15)6-7/h7-8H,2-6H2,1H3,(H2,11,16)(H,12,13). The first-order valence-corrected chi connectivity index (χ1v) is 7.86. The Hall–Kier alpha value is -0.690. The zero-order valence-electron chi connectivity index (χ0n) is 9.81. The van der Waals surface area contributed by atoms with Gasteiger partial charge in [0.2, 0.25) is 5.91 Å². The number of thiocarbonyl (C=S) groups is 1. The van der Waals surface area contributed by atoms with E-state index in [2.05, 4.69) is 5.32 Å². The van der Waals surface area contributed by atoms with Gasteiger partial charge < -0.3 is 11.1 Å². The zero-order valence-corrected chi connectivity index (χ0v) is 11.4. The second-order valence-corrected chi connectivity index (χ2v) is 7.14. The lowest BCUT2D eigenvalue weighted by Gasteiger charge is -2.18. The summed E-state index contributed by atoms with van der Waals surface area (Å²) in [6, 6.07) is -0.0942. The van der Waals surface area contributed by atoms with E-state index < -0.39 is 15.8 Å². The van der Waals surface area contributed by atoms with E-state index in [1.54, 1.807) is 0 Å². The molecule has 0 aromatic carbocycles. The number of carbonyl (C=O) groups excluding carboxylic acids is 1. The summed E-state index contributed by atoms with van der Waals surface area (Å²) in [6.07, 6.45) is 1.59. The Morgan fingerprint density at radius 2 is 2.24 bits per heavy atom. The summed E-state index contributed by atoms with van der Waals surface area (Å²) < 4.78 is 22.5. The van der Waals surface area contributed by atoms with Gasteiger partial charge in [-0.05, 0) is 12.8 Å². The number of hydrogen-bond acceptors (Lipinski definition) is 4. The minimum Gasteiger partial charge on any atom is -0.393 e. The summed E-state index contributed by atoms with van der Waals surface area (Å²) in [7, 11) is -3.02. The van der Waals surface area contributed by atoms with Crippen LogP contribution in [0.4, 0.5) is 0 Å². The Morgan fingerprint density at radius 1 is 1.59 bits per heavy atom. The summed E-state index contributed by atoms with van der Waals surface area (Å²) in [5.74, 6) is -0.547. The van der Waals surface area contributed by atoms with Crippen molar-refractivity contribution in [2.75, 3.05) is 11.5 Å². The summed E-state index contributed by atoms with van der Waals surface area (Å²) in [5, 5.41) is 2.81. The van der Waals surface area contributed by atoms with Gasteiger partial charge in [0, 0.05) is 12.5 Å². The van der Waals surface area contributed by atoms with Crippen molar-refractivity contribution in [2.24, 2.45) is 11.7 Å². The quantitative estimate of drug-likeness (QED) is 0.691. The molecule has 1 amide bonds. The molecule has 7 heteroatoms. The molecule has 2 unspecified atom stereocenters. The summed E-state index contributed by atoms with van der Waals surface area (Å²) >= 11 is 4.79. The van der Waals surface area contributed by atoms with Crippen molar-refractivity contribution < 1.29 is 13.2 Å². The molecular formula is C10H18N2O3S2. The maximum absolute atomic E-state index is 11.8. The molecule has 0 saturated carbocycles. The Labute approximate surface area is 107 Å². The lowest BCUT2D eigenvalue weighted by Crippen LogP contribution is -2.40. The maximum atomic E-state index is 11.8. The summed E-state index contributed by atoms with van der Waals surface area (Å²) in [5.41, 5.74) is 5.43. The smallest absolute Gasteiger partial charge is 0.224 e. The van der Waals surface area contributed by atoms with Crippen LogP contribution >= 0.6 is 12.2 Å². The summed E-state index contributed by atoms with van der Waals surface area (Å²) in [6.45, 7) is 1.93. The van der Waals surface area contributed by atoms with Gasteiger partial charge in [0.05, 0.1) is 22.4 Å². The van der Waals surface area contributed by atoms with Gasteiger partial charge in [0.15, 0.2) is 9.84 Å². The average Bonchev–Trinajstić information content (AvgIpc) is 2.57. The Morgan fingerprint density at radius 3 is 2.65 bits per heavy atom. The van der Waals surface area contributed by atoms with Crippen LogP contribution in [0.1, 0.15) is 26.2 Å². The van der Waals surface area contributed by atoms with Crippen molar-refractivity contribution in [1.29, 1.82) is 0 Å². The molecule has 5 nitrogen and oxygen atoms in total. The molecule has 0 bridgehead atoms. The van der Waals surface area contributed by atoms with Crippen molar-refractivity contribution in [3.05, 3.63) is 0 Å². The van der Waals surface area contributed by atoms with Crippen molar-refractivity contribution in [3.63, 3.8) is 0 Å². The van der Waals surface area contributed by atoms with Crippen molar-refractivity contribution >= 4 is 33.0 Å². The second kappa shape index (κ2) is 5.77. The van der Waals surface area contributed by atoms with E-state index in [-0.39, 0.29) is 23.5 Å². The Bertz CT molecular complexity index is 406. The van der Waals surface area contributed by atoms with Gasteiger partial charge >= 0.3 is 0 Å². The van der Waals surface area contributed by atoms with Gasteiger partial charge in [-0.25, -0.2) is 8.42 Å². The first-order chi connectivity index (χ1) is 7.84. The van der Waals surface area contributed by atoms with Crippen LogP contribution in [0.25, 0.3) is 0 Å². The maximum Gasteiger partial charge on any atom is 0.224 e. The fourth-order valence-electron chi connectivity index (χ4n) is 1.86. The highest BCUT2D eigenvalue weighted by Gasteiger charge is 2.33. The van der Waals surface area contributed by atoms with Gasteiger partial charge in [-0.2, -0.15) is 0 Å². The molecule has 98 valence electrons. The predicted molar refractivity (Wildman–Crippen MR) is 70.4 cm³/mol. The van der Waals surface area contributed by atoms with Crippen LogP contribution in [0.5, 0.6) is 0 Å². The molecule has 1 fully saturated rings. The third kappa shape index (κ3) is 4.59. The van der Waals surface area contributed by atoms with E-state index in [4.69, 9.17) is 18.0 Å². The van der Waals surface area contributed by atoms with Gasteiger partial charge in [-0.3, -0.25) is 4.79 Å². The van der Waals surface area contributed by atoms with E-state index in [9.17, 15) is 13.2 Å². The van der Waals surface area contributed by atoms with E-state index in [1.165, 1.54) is 0 Å². The number of sulfone groups is 1. The predicted octanol–water partition coefficient (Wildman–Crippen LogP) is -0.00790. The molecule has 0 aromatic rings. The average molecular weight is 278 g/mol. The lowest BCUT2D eigenvalue weighted by molar-refractivity contribution is -0.124. The molecule has 1 heterocycles. The van der Waals surface area contributed by atoms with Crippen molar-refractivity contribution in [3.8, 4) is 0 Å². The Kier molecular flexibility index (Phi) is 4.88. The van der Waals surface area contributed by atoms with E-state index in [0.29, 0.717) is 17.8 Å². The van der Waals surface area contributed by atoms with Crippen LogP contribution in [0, 0.1) is 5.92 Å². The van der Waals surface area contributed by atoms with Crippen molar-refractivity contribution in [1.82, 2.24) is 5.32 Å². The van der Waals surface area contributed by atoms with Gasteiger partial charge in [0.25, 0.3) is 0 Å². The number of hydrogen-bond donors (Lipinski definition) is 2. The fraction of sp³-hybridized carbons (Fsp3) is 0.800. The minimum atomic E-state index is -3.02. The molecule has 1 aliphatic heterocycles. The number of rotatable bonds is 5. The van der Waals surface area contributed by atoms with Crippen LogP contribution < -0.4 is 11.1 Å². The van der Waals surface area contributed by atoms with Crippen molar-refractivity contribution in [2.45, 2.75) is 32.2 Å². The van der Waals surface area contributed by atoms with Crippen LogP contribution in [-0.2, 0) is 14.6 Å². The molecule has 3 N–H and O–H groups in total. The van der Waals surface area contributed by atoms with Crippen LogP contribution in [0.3, 0.4) is 0 Å². The molecule has 1 saturated heterocycles. The van der Waals surface area contributed by atoms with Crippen LogP contribution in [-0.4, -0.2) is 36.9 Å². The Balaban J connectivity index is 2.51. The first-order valence-electron chi connectivity index (χ1n) is 5.63. The number of nitrogens with two attached hydrogens (primary N) is 1. The highest BCUT2D eigenvalue weighted by Crippen LogP contribution is 2.18. The number of carbonyl (C=O) groups is 1. The minimum absolute atomic E-state index is 0.0393. The molecule has 0 spiro atoms. The topological polar surface area (TPSA) is 89.3 Å². The van der Waals surface area contributed by atoms with E-state index >= 15 is 0 Å². The molecule has 2 atom stereocenters. The fourth-order valence-corrected chi connectivity index (χ4v) is 3.80. The van der Waals surface area contributed by atoms with Crippen LogP contribution in [0.2, 0.25) is 0 Å². The number of nitrogens with one attached hydrogen (secondary N) is 1. The van der Waals surface area contributed by atoms with Gasteiger partial charge in [0.1, 0.15) is 0 Å². The van der Waals surface area contributed by atoms with Gasteiger partial charge in [-0.1, -0.05) is 19.1 Å². The molecule has 17 heavy (non-hydrogen) atoms. The largest absolute Gasteiger partial charge is 0.393 e.